The van der Waals surface area contributed by atoms with E-state index in [9.17, 15) is 14.7 Å². The largest absolute Gasteiger partial charge is 0.462 e. The highest BCUT2D eigenvalue weighted by Crippen LogP contribution is 2.16. The van der Waals surface area contributed by atoms with E-state index in [4.69, 9.17) is 9.47 Å². The quantitative estimate of drug-likeness (QED) is 0.0373. The Kier molecular flexibility index (Phi) is 66.4. The maximum absolute atomic E-state index is 12.4. The molecule has 0 aromatic heterocycles. The highest BCUT2D eigenvalue weighted by molar-refractivity contribution is 5.70. The molecule has 0 amide bonds. The van der Waals surface area contributed by atoms with E-state index < -0.39 is 6.10 Å². The Labute approximate surface area is 506 Å². The van der Waals surface area contributed by atoms with E-state index in [-0.39, 0.29) is 25.2 Å². The van der Waals surface area contributed by atoms with Gasteiger partial charge in [0.2, 0.25) is 0 Å². The van der Waals surface area contributed by atoms with Gasteiger partial charge < -0.3 is 14.6 Å². The van der Waals surface area contributed by atoms with Crippen molar-refractivity contribution in [2.45, 2.75) is 290 Å². The van der Waals surface area contributed by atoms with Gasteiger partial charge in [0.1, 0.15) is 6.61 Å². The maximum Gasteiger partial charge on any atom is 0.306 e. The molecule has 0 aliphatic heterocycles. The first-order valence-corrected chi connectivity index (χ1v) is 33.7. The lowest BCUT2D eigenvalue weighted by molar-refractivity contribution is -0.161. The van der Waals surface area contributed by atoms with Crippen molar-refractivity contribution in [1.29, 1.82) is 0 Å². The Bertz CT molecular complexity index is 1810. The van der Waals surface area contributed by atoms with Gasteiger partial charge in [0.15, 0.2) is 6.10 Å². The first-order chi connectivity index (χ1) is 40.6. The van der Waals surface area contributed by atoms with Crippen molar-refractivity contribution in [3.05, 3.63) is 170 Å². The second kappa shape index (κ2) is 70.5. The molecule has 462 valence electrons. The van der Waals surface area contributed by atoms with Gasteiger partial charge in [-0.15, -0.1) is 0 Å². The number of unbranched alkanes of at least 4 members (excludes halogenated alkanes) is 24. The predicted molar refractivity (Wildman–Crippen MR) is 361 cm³/mol. The SMILES string of the molecule is CC/C=C\C/C=C\C/C=C\C/C=C\C/C=C\C/C=C\C/C=C\C/C=C\CCCCCCCCCCC(=O)OC(CO)COC(=O)CCCCCCCCCCCCCCCCCC/C=C\C/C=C\C/C=C\C/C=C\C/C=C\C/C=C\CC. The average molecular weight is 1130 g/mol. The number of aliphatic hydroxyl groups is 1. The lowest BCUT2D eigenvalue weighted by Crippen LogP contribution is -2.28. The van der Waals surface area contributed by atoms with Gasteiger partial charge in [0.05, 0.1) is 6.61 Å². The molecule has 0 aromatic carbocycles. The van der Waals surface area contributed by atoms with Crippen LogP contribution < -0.4 is 0 Å². The van der Waals surface area contributed by atoms with Crippen molar-refractivity contribution >= 4 is 11.9 Å². The van der Waals surface area contributed by atoms with Gasteiger partial charge in [-0.25, -0.2) is 0 Å². The number of esters is 2. The fraction of sp³-hybridized carbons (Fsp3) is 0.610. The first-order valence-electron chi connectivity index (χ1n) is 33.7. The van der Waals surface area contributed by atoms with Gasteiger partial charge in [0, 0.05) is 12.8 Å². The second-order valence-electron chi connectivity index (χ2n) is 21.8. The minimum Gasteiger partial charge on any atom is -0.462 e. The van der Waals surface area contributed by atoms with Crippen LogP contribution in [0.25, 0.3) is 0 Å². The first kappa shape index (κ1) is 77.3. The number of rotatable bonds is 60. The number of carbonyl (C=O) groups excluding carboxylic acids is 2. The van der Waals surface area contributed by atoms with E-state index in [0.29, 0.717) is 12.8 Å². The number of hydrogen-bond donors (Lipinski definition) is 1. The lowest BCUT2D eigenvalue weighted by atomic mass is 10.0. The number of ether oxygens (including phenoxy) is 2. The van der Waals surface area contributed by atoms with Crippen molar-refractivity contribution in [1.82, 2.24) is 0 Å². The summed E-state index contributed by atoms with van der Waals surface area (Å²) >= 11 is 0. The fourth-order valence-corrected chi connectivity index (χ4v) is 9.05. The van der Waals surface area contributed by atoms with E-state index in [1.54, 1.807) is 0 Å². The summed E-state index contributed by atoms with van der Waals surface area (Å²) in [6.07, 6.45) is 109. The topological polar surface area (TPSA) is 72.8 Å². The number of hydrogen-bond acceptors (Lipinski definition) is 5. The van der Waals surface area contributed by atoms with Crippen LogP contribution in [0.2, 0.25) is 0 Å². The minimum atomic E-state index is -0.789. The highest BCUT2D eigenvalue weighted by atomic mass is 16.6. The fourth-order valence-electron chi connectivity index (χ4n) is 9.05. The Hall–Kier alpha value is -4.74. The molecule has 0 aromatic rings. The van der Waals surface area contributed by atoms with Crippen LogP contribution in [-0.2, 0) is 19.1 Å². The van der Waals surface area contributed by atoms with Crippen molar-refractivity contribution in [2.75, 3.05) is 13.2 Å². The standard InChI is InChI=1S/C77H124O5/c1-3-5-7-9-11-13-15-17-19-21-23-25-27-29-31-33-35-37-38-40-41-43-45-47-49-51-53-55-57-59-61-63-65-67-69-71-76(79)81-74-75(73-78)82-77(80)72-70-68-66-64-62-60-58-56-54-52-50-48-46-44-42-39-36-34-32-30-28-26-24-22-20-18-16-14-12-10-8-6-4-2/h5-8,11-14,17-20,23-26,29-32,35-37,39,44,46,50,52,75,78H,3-4,9-10,15-16,21-22,27-28,33-34,38,40-43,45,47-49,51,53-74H2,1-2H3/b7-5-,8-6-,13-11-,14-12-,19-17-,20-18-,25-23-,26-24-,31-29-,32-30-,37-35-,39-36-,46-44-,52-50-. The van der Waals surface area contributed by atoms with E-state index in [1.807, 2.05) is 0 Å². The summed E-state index contributed by atoms with van der Waals surface area (Å²) < 4.78 is 10.7. The molecule has 0 spiro atoms. The van der Waals surface area contributed by atoms with E-state index in [1.165, 1.54) is 122 Å². The van der Waals surface area contributed by atoms with Crippen LogP contribution in [-0.4, -0.2) is 36.4 Å². The summed E-state index contributed by atoms with van der Waals surface area (Å²) in [6.45, 7) is 3.91. The van der Waals surface area contributed by atoms with Gasteiger partial charge in [0.25, 0.3) is 0 Å². The average Bonchev–Trinajstić information content (AvgIpc) is 3.49. The third-order valence-corrected chi connectivity index (χ3v) is 14.0. The molecule has 0 saturated heterocycles. The molecule has 1 atom stereocenters. The highest BCUT2D eigenvalue weighted by Gasteiger charge is 2.16. The molecule has 1 N–H and O–H groups in total. The summed E-state index contributed by atoms with van der Waals surface area (Å²) in [5, 5.41) is 9.70. The molecule has 5 heteroatoms. The molecule has 0 heterocycles. The molecular weight excluding hydrogens is 1000 g/mol. The van der Waals surface area contributed by atoms with Crippen molar-refractivity contribution in [3.8, 4) is 0 Å². The molecule has 0 radical (unpaired) electrons. The maximum atomic E-state index is 12.4. The van der Waals surface area contributed by atoms with Crippen LogP contribution in [0.4, 0.5) is 0 Å². The molecule has 0 fully saturated rings. The Morgan fingerprint density at radius 3 is 0.732 bits per heavy atom. The molecule has 0 saturated carbocycles. The molecule has 0 aliphatic carbocycles. The molecule has 1 unspecified atom stereocenters. The summed E-state index contributed by atoms with van der Waals surface area (Å²) in [4.78, 5) is 24.6. The lowest BCUT2D eigenvalue weighted by Gasteiger charge is -2.15. The number of allylic oxidation sites excluding steroid dienone is 28. The molecule has 5 nitrogen and oxygen atoms in total. The van der Waals surface area contributed by atoms with Gasteiger partial charge >= 0.3 is 11.9 Å². The zero-order valence-electron chi connectivity index (χ0n) is 52.9. The molecule has 0 aliphatic rings. The van der Waals surface area contributed by atoms with Crippen molar-refractivity contribution < 1.29 is 24.2 Å². The molecule has 82 heavy (non-hydrogen) atoms. The van der Waals surface area contributed by atoms with E-state index in [2.05, 4.69) is 184 Å². The van der Waals surface area contributed by atoms with Crippen LogP contribution in [0.3, 0.4) is 0 Å². The van der Waals surface area contributed by atoms with Crippen molar-refractivity contribution in [2.24, 2.45) is 0 Å². The van der Waals surface area contributed by atoms with Gasteiger partial charge in [-0.1, -0.05) is 312 Å². The van der Waals surface area contributed by atoms with Gasteiger partial charge in [-0.3, -0.25) is 9.59 Å². The summed E-state index contributed by atoms with van der Waals surface area (Å²) in [7, 11) is 0. The van der Waals surface area contributed by atoms with Crippen LogP contribution in [0.1, 0.15) is 284 Å². The molecular formula is C77H124O5. The number of carbonyl (C=O) groups is 2. The Morgan fingerprint density at radius 1 is 0.280 bits per heavy atom. The normalized spacial score (nSPS) is 13.4. The zero-order valence-corrected chi connectivity index (χ0v) is 52.9. The number of aliphatic hydroxyl groups excluding tert-OH is 1. The van der Waals surface area contributed by atoms with Crippen molar-refractivity contribution in [3.63, 3.8) is 0 Å². The van der Waals surface area contributed by atoms with Gasteiger partial charge in [-0.05, 0) is 128 Å². The third kappa shape index (κ3) is 67.8. The second-order valence-corrected chi connectivity index (χ2v) is 21.8. The monoisotopic (exact) mass is 1130 g/mol. The zero-order chi connectivity index (χ0) is 59.1. The predicted octanol–water partition coefficient (Wildman–Crippen LogP) is 23.6. The van der Waals surface area contributed by atoms with Crippen LogP contribution in [0.15, 0.2) is 170 Å². The molecule has 0 bridgehead atoms. The summed E-state index contributed by atoms with van der Waals surface area (Å²) in [6, 6.07) is 0. The van der Waals surface area contributed by atoms with E-state index >= 15 is 0 Å². The smallest absolute Gasteiger partial charge is 0.306 e. The van der Waals surface area contributed by atoms with Crippen LogP contribution in [0.5, 0.6) is 0 Å². The van der Waals surface area contributed by atoms with Crippen LogP contribution >= 0.6 is 0 Å². The van der Waals surface area contributed by atoms with E-state index in [0.717, 1.165) is 135 Å². The summed E-state index contributed by atoms with van der Waals surface area (Å²) in [5.74, 6) is -0.604. The Balaban J connectivity index is 3.55. The summed E-state index contributed by atoms with van der Waals surface area (Å²) in [5.41, 5.74) is 0. The van der Waals surface area contributed by atoms with Gasteiger partial charge in [-0.2, -0.15) is 0 Å². The molecule has 0 rings (SSSR count). The third-order valence-electron chi connectivity index (χ3n) is 14.0. The van der Waals surface area contributed by atoms with Crippen LogP contribution in [0, 0.1) is 0 Å². The Morgan fingerprint density at radius 2 is 0.488 bits per heavy atom. The minimum absolute atomic E-state index is 0.0774.